The van der Waals surface area contributed by atoms with Crippen molar-refractivity contribution >= 4 is 5.97 Å². The van der Waals surface area contributed by atoms with E-state index in [2.05, 4.69) is 25.7 Å². The van der Waals surface area contributed by atoms with Gasteiger partial charge in [-0.15, -0.1) is 0 Å². The standard InChI is InChI=1S/C17H27NO3/c1-4-14(3)13-18(5-2)11-8-12-21-16-10-7-6-9-15(16)17(19)20/h6-7,9-10,14H,4-5,8,11-13H2,1-3H3,(H,19,20). The van der Waals surface area contributed by atoms with E-state index in [1.807, 2.05) is 0 Å². The molecule has 0 amide bonds. The zero-order chi connectivity index (χ0) is 15.7. The summed E-state index contributed by atoms with van der Waals surface area (Å²) in [6.45, 7) is 10.3. The molecule has 0 heterocycles. The predicted molar refractivity (Wildman–Crippen MR) is 85.1 cm³/mol. The Bertz CT molecular complexity index is 434. The highest BCUT2D eigenvalue weighted by Gasteiger charge is 2.10. The third kappa shape index (κ3) is 6.17. The van der Waals surface area contributed by atoms with E-state index in [-0.39, 0.29) is 5.56 Å². The van der Waals surface area contributed by atoms with E-state index in [0.717, 1.165) is 26.1 Å². The van der Waals surface area contributed by atoms with Crippen LogP contribution in [0.3, 0.4) is 0 Å². The molecule has 1 aromatic carbocycles. The minimum Gasteiger partial charge on any atom is -0.493 e. The molecule has 21 heavy (non-hydrogen) atoms. The molecule has 0 aromatic heterocycles. The largest absolute Gasteiger partial charge is 0.493 e. The molecule has 118 valence electrons. The lowest BCUT2D eigenvalue weighted by atomic mass is 10.1. The average Bonchev–Trinajstić information content (AvgIpc) is 2.50. The second-order valence-corrected chi connectivity index (χ2v) is 5.41. The molecule has 0 bridgehead atoms. The van der Waals surface area contributed by atoms with E-state index in [1.165, 1.54) is 6.42 Å². The van der Waals surface area contributed by atoms with Gasteiger partial charge in [0.05, 0.1) is 6.61 Å². The molecule has 0 aliphatic carbocycles. The number of hydrogen-bond donors (Lipinski definition) is 1. The quantitative estimate of drug-likeness (QED) is 0.671. The maximum atomic E-state index is 11.1. The topological polar surface area (TPSA) is 49.8 Å². The van der Waals surface area contributed by atoms with Crippen molar-refractivity contribution in [3.63, 3.8) is 0 Å². The second kappa shape index (κ2) is 9.40. The molecular formula is C17H27NO3. The summed E-state index contributed by atoms with van der Waals surface area (Å²) >= 11 is 0. The number of hydrogen-bond acceptors (Lipinski definition) is 3. The summed E-state index contributed by atoms with van der Waals surface area (Å²) in [4.78, 5) is 13.5. The predicted octanol–water partition coefficient (Wildman–Crippen LogP) is 3.52. The molecule has 0 spiro atoms. The molecule has 1 aromatic rings. The molecule has 4 heteroatoms. The van der Waals surface area contributed by atoms with Crippen LogP contribution in [-0.2, 0) is 0 Å². The van der Waals surface area contributed by atoms with Crippen LogP contribution in [0, 0.1) is 5.92 Å². The summed E-state index contributed by atoms with van der Waals surface area (Å²) in [5.41, 5.74) is 0.226. The fraction of sp³-hybridized carbons (Fsp3) is 0.588. The minimum absolute atomic E-state index is 0.226. The molecule has 1 unspecified atom stereocenters. The number of carboxylic acid groups (broad SMARTS) is 1. The van der Waals surface area contributed by atoms with Crippen molar-refractivity contribution in [1.82, 2.24) is 4.90 Å². The Morgan fingerprint density at radius 1 is 1.33 bits per heavy atom. The first kappa shape index (κ1) is 17.5. The van der Waals surface area contributed by atoms with Crippen LogP contribution in [0.4, 0.5) is 0 Å². The van der Waals surface area contributed by atoms with Gasteiger partial charge in [0.1, 0.15) is 11.3 Å². The van der Waals surface area contributed by atoms with Gasteiger partial charge in [-0.1, -0.05) is 39.3 Å². The lowest BCUT2D eigenvalue weighted by Gasteiger charge is -2.23. The first-order valence-corrected chi connectivity index (χ1v) is 7.75. The van der Waals surface area contributed by atoms with Crippen molar-refractivity contribution in [3.8, 4) is 5.75 Å². The van der Waals surface area contributed by atoms with Crippen LogP contribution in [0.5, 0.6) is 5.75 Å². The Hall–Kier alpha value is -1.55. The molecular weight excluding hydrogens is 266 g/mol. The number of aromatic carboxylic acids is 1. The number of carboxylic acids is 1. The van der Waals surface area contributed by atoms with Crippen molar-refractivity contribution in [2.75, 3.05) is 26.2 Å². The fourth-order valence-electron chi connectivity index (χ4n) is 2.19. The highest BCUT2D eigenvalue weighted by molar-refractivity contribution is 5.90. The van der Waals surface area contributed by atoms with Gasteiger partial charge in [-0.2, -0.15) is 0 Å². The summed E-state index contributed by atoms with van der Waals surface area (Å²) in [6, 6.07) is 6.78. The molecule has 4 nitrogen and oxygen atoms in total. The van der Waals surface area contributed by atoms with Crippen molar-refractivity contribution in [2.45, 2.75) is 33.6 Å². The lowest BCUT2D eigenvalue weighted by Crippen LogP contribution is -2.30. The third-order valence-corrected chi connectivity index (χ3v) is 3.71. The number of para-hydroxylation sites is 1. The second-order valence-electron chi connectivity index (χ2n) is 5.41. The van der Waals surface area contributed by atoms with Crippen molar-refractivity contribution < 1.29 is 14.6 Å². The molecule has 0 aliphatic rings. The van der Waals surface area contributed by atoms with Crippen LogP contribution in [0.15, 0.2) is 24.3 Å². The Morgan fingerprint density at radius 3 is 2.67 bits per heavy atom. The lowest BCUT2D eigenvalue weighted by molar-refractivity contribution is 0.0692. The number of nitrogens with zero attached hydrogens (tertiary/aromatic N) is 1. The molecule has 0 saturated heterocycles. The number of carbonyl (C=O) groups is 1. The zero-order valence-corrected chi connectivity index (χ0v) is 13.3. The van der Waals surface area contributed by atoms with E-state index in [1.54, 1.807) is 24.3 Å². The molecule has 0 fully saturated rings. The molecule has 0 radical (unpaired) electrons. The van der Waals surface area contributed by atoms with Gasteiger partial charge in [0.25, 0.3) is 0 Å². The van der Waals surface area contributed by atoms with E-state index in [9.17, 15) is 4.79 Å². The summed E-state index contributed by atoms with van der Waals surface area (Å²) in [5, 5.41) is 9.09. The summed E-state index contributed by atoms with van der Waals surface area (Å²) < 4.78 is 5.62. The van der Waals surface area contributed by atoms with Crippen molar-refractivity contribution in [1.29, 1.82) is 0 Å². The van der Waals surface area contributed by atoms with Crippen LogP contribution in [-0.4, -0.2) is 42.2 Å². The van der Waals surface area contributed by atoms with Gasteiger partial charge in [0.2, 0.25) is 0 Å². The van der Waals surface area contributed by atoms with Crippen LogP contribution < -0.4 is 4.74 Å². The summed E-state index contributed by atoms with van der Waals surface area (Å²) in [7, 11) is 0. The normalized spacial score (nSPS) is 12.4. The van der Waals surface area contributed by atoms with Crippen molar-refractivity contribution in [3.05, 3.63) is 29.8 Å². The molecule has 1 N–H and O–H groups in total. The maximum absolute atomic E-state index is 11.1. The molecule has 1 atom stereocenters. The number of ether oxygens (including phenoxy) is 1. The summed E-state index contributed by atoms with van der Waals surface area (Å²) in [6.07, 6.45) is 2.09. The third-order valence-electron chi connectivity index (χ3n) is 3.71. The van der Waals surface area contributed by atoms with Gasteiger partial charge < -0.3 is 14.7 Å². The van der Waals surface area contributed by atoms with Gasteiger partial charge >= 0.3 is 5.97 Å². The van der Waals surface area contributed by atoms with E-state index >= 15 is 0 Å². The monoisotopic (exact) mass is 293 g/mol. The van der Waals surface area contributed by atoms with Crippen LogP contribution in [0.2, 0.25) is 0 Å². The van der Waals surface area contributed by atoms with E-state index in [0.29, 0.717) is 18.3 Å². The van der Waals surface area contributed by atoms with E-state index < -0.39 is 5.97 Å². The molecule has 0 aliphatic heterocycles. The highest BCUT2D eigenvalue weighted by atomic mass is 16.5. The van der Waals surface area contributed by atoms with Crippen LogP contribution in [0.25, 0.3) is 0 Å². The zero-order valence-electron chi connectivity index (χ0n) is 13.3. The van der Waals surface area contributed by atoms with Gasteiger partial charge in [-0.05, 0) is 31.0 Å². The fourth-order valence-corrected chi connectivity index (χ4v) is 2.19. The number of rotatable bonds is 10. The Balaban J connectivity index is 2.38. The van der Waals surface area contributed by atoms with Gasteiger partial charge in [0, 0.05) is 13.1 Å². The smallest absolute Gasteiger partial charge is 0.339 e. The van der Waals surface area contributed by atoms with Crippen LogP contribution in [0.1, 0.15) is 44.0 Å². The van der Waals surface area contributed by atoms with Gasteiger partial charge in [-0.3, -0.25) is 0 Å². The van der Waals surface area contributed by atoms with E-state index in [4.69, 9.17) is 9.84 Å². The average molecular weight is 293 g/mol. The first-order chi connectivity index (χ1) is 10.1. The number of benzene rings is 1. The molecule has 1 rings (SSSR count). The highest BCUT2D eigenvalue weighted by Crippen LogP contribution is 2.17. The van der Waals surface area contributed by atoms with Crippen LogP contribution >= 0.6 is 0 Å². The van der Waals surface area contributed by atoms with Gasteiger partial charge in [-0.25, -0.2) is 4.79 Å². The maximum Gasteiger partial charge on any atom is 0.339 e. The van der Waals surface area contributed by atoms with Crippen molar-refractivity contribution in [2.24, 2.45) is 5.92 Å². The summed E-state index contributed by atoms with van der Waals surface area (Å²) in [5.74, 6) is 0.214. The Kier molecular flexibility index (Phi) is 7.83. The first-order valence-electron chi connectivity index (χ1n) is 7.75. The Labute approximate surface area is 127 Å². The Morgan fingerprint density at radius 2 is 2.05 bits per heavy atom. The minimum atomic E-state index is -0.947. The van der Waals surface area contributed by atoms with Gasteiger partial charge in [0.15, 0.2) is 0 Å². The SMILES string of the molecule is CCC(C)CN(CC)CCCOc1ccccc1C(=O)O. The molecule has 0 saturated carbocycles.